The molecule has 1 atom stereocenters. The second kappa shape index (κ2) is 9.38. The third-order valence-electron chi connectivity index (χ3n) is 2.16. The molecule has 0 fully saturated rings. The first-order chi connectivity index (χ1) is 6.76. The highest BCUT2D eigenvalue weighted by Gasteiger charge is 2.15. The number of rotatable bonds is 8. The Kier molecular flexibility index (Phi) is 9.26. The molecule has 0 amide bonds. The average molecular weight is 218 g/mol. The van der Waals surface area contributed by atoms with Crippen molar-refractivity contribution in [2.75, 3.05) is 12.9 Å². The van der Waals surface area contributed by atoms with Crippen molar-refractivity contribution in [1.29, 1.82) is 0 Å². The van der Waals surface area contributed by atoms with Crippen LogP contribution in [0.25, 0.3) is 0 Å². The molecule has 0 heterocycles. The van der Waals surface area contributed by atoms with E-state index in [9.17, 15) is 4.79 Å². The molecule has 0 aromatic heterocycles. The summed E-state index contributed by atoms with van der Waals surface area (Å²) < 4.78 is 5.17. The third kappa shape index (κ3) is 6.30. The van der Waals surface area contributed by atoms with Gasteiger partial charge in [-0.25, -0.2) is 0 Å². The van der Waals surface area contributed by atoms with Gasteiger partial charge in [0, 0.05) is 0 Å². The smallest absolute Gasteiger partial charge is 0.319 e. The van der Waals surface area contributed by atoms with Gasteiger partial charge in [0.15, 0.2) is 0 Å². The first kappa shape index (κ1) is 13.8. The Morgan fingerprint density at radius 3 is 2.50 bits per heavy atom. The van der Waals surface area contributed by atoms with Crippen molar-refractivity contribution in [3.8, 4) is 0 Å². The Balaban J connectivity index is 3.43. The van der Waals surface area contributed by atoms with Crippen molar-refractivity contribution in [2.24, 2.45) is 0 Å². The van der Waals surface area contributed by atoms with E-state index in [1.165, 1.54) is 19.3 Å². The summed E-state index contributed by atoms with van der Waals surface area (Å²) in [6.07, 6.45) is 7.43. The van der Waals surface area contributed by atoms with E-state index in [1.54, 1.807) is 11.8 Å². The lowest BCUT2D eigenvalue weighted by Crippen LogP contribution is -2.19. The summed E-state index contributed by atoms with van der Waals surface area (Å²) in [5.41, 5.74) is 0. The zero-order chi connectivity index (χ0) is 10.8. The Morgan fingerprint density at radius 1 is 1.29 bits per heavy atom. The van der Waals surface area contributed by atoms with E-state index in [4.69, 9.17) is 4.74 Å². The van der Waals surface area contributed by atoms with Gasteiger partial charge in [0.1, 0.15) is 5.25 Å². The first-order valence-electron chi connectivity index (χ1n) is 5.45. The Labute approximate surface area is 91.8 Å². The predicted octanol–water partition coefficient (Wildman–Crippen LogP) is 3.25. The minimum Gasteiger partial charge on any atom is -0.465 e. The van der Waals surface area contributed by atoms with Gasteiger partial charge in [-0.15, -0.1) is 0 Å². The lowest BCUT2D eigenvalue weighted by molar-refractivity contribution is -0.143. The summed E-state index contributed by atoms with van der Waals surface area (Å²) in [6, 6.07) is 0. The van der Waals surface area contributed by atoms with Crippen LogP contribution in [0.3, 0.4) is 0 Å². The van der Waals surface area contributed by atoms with E-state index in [2.05, 4.69) is 6.92 Å². The van der Waals surface area contributed by atoms with Crippen molar-refractivity contribution < 1.29 is 9.53 Å². The van der Waals surface area contributed by atoms with Crippen LogP contribution >= 0.6 is 11.8 Å². The van der Waals surface area contributed by atoms with Crippen LogP contribution in [0.5, 0.6) is 0 Å². The molecule has 0 rings (SSSR count). The summed E-state index contributed by atoms with van der Waals surface area (Å²) in [5.74, 6) is -0.0449. The van der Waals surface area contributed by atoms with Gasteiger partial charge in [0.25, 0.3) is 0 Å². The molecule has 0 radical (unpaired) electrons. The third-order valence-corrected chi connectivity index (χ3v) is 3.26. The maximum atomic E-state index is 11.4. The second-order valence-electron chi connectivity index (χ2n) is 3.36. The SMILES string of the molecule is CCCCCCOC(=O)C(CC)SC. The van der Waals surface area contributed by atoms with Crippen molar-refractivity contribution in [3.05, 3.63) is 0 Å². The van der Waals surface area contributed by atoms with E-state index in [1.807, 2.05) is 13.2 Å². The van der Waals surface area contributed by atoms with Gasteiger partial charge in [0.05, 0.1) is 6.61 Å². The van der Waals surface area contributed by atoms with E-state index in [0.717, 1.165) is 12.8 Å². The van der Waals surface area contributed by atoms with Gasteiger partial charge in [-0.05, 0) is 19.1 Å². The molecule has 0 aromatic carbocycles. The molecule has 84 valence electrons. The number of ether oxygens (including phenoxy) is 1. The van der Waals surface area contributed by atoms with Crippen molar-refractivity contribution >= 4 is 17.7 Å². The van der Waals surface area contributed by atoms with E-state index < -0.39 is 0 Å². The molecule has 0 aromatic rings. The maximum absolute atomic E-state index is 11.4. The topological polar surface area (TPSA) is 26.3 Å². The van der Waals surface area contributed by atoms with Crippen LogP contribution in [0.1, 0.15) is 46.0 Å². The standard InChI is InChI=1S/C11H22O2S/c1-4-6-7-8-9-13-11(12)10(5-2)14-3/h10H,4-9H2,1-3H3. The summed E-state index contributed by atoms with van der Waals surface area (Å²) in [6.45, 7) is 4.78. The Morgan fingerprint density at radius 2 is 2.00 bits per heavy atom. The van der Waals surface area contributed by atoms with Crippen LogP contribution in [0.2, 0.25) is 0 Å². The summed E-state index contributed by atoms with van der Waals surface area (Å²) in [7, 11) is 0. The van der Waals surface area contributed by atoms with Gasteiger partial charge in [-0.1, -0.05) is 33.1 Å². The quantitative estimate of drug-likeness (QED) is 0.462. The fourth-order valence-electron chi connectivity index (χ4n) is 1.22. The second-order valence-corrected chi connectivity index (χ2v) is 4.40. The molecule has 3 heteroatoms. The lowest BCUT2D eigenvalue weighted by Gasteiger charge is -2.11. The van der Waals surface area contributed by atoms with Gasteiger partial charge in [-0.2, -0.15) is 11.8 Å². The predicted molar refractivity (Wildman–Crippen MR) is 62.7 cm³/mol. The molecule has 0 aliphatic heterocycles. The molecule has 14 heavy (non-hydrogen) atoms. The number of carbonyl (C=O) groups excluding carboxylic acids is 1. The van der Waals surface area contributed by atoms with Crippen LogP contribution in [0, 0.1) is 0 Å². The molecule has 2 nitrogen and oxygen atoms in total. The lowest BCUT2D eigenvalue weighted by atomic mass is 10.2. The first-order valence-corrected chi connectivity index (χ1v) is 6.74. The van der Waals surface area contributed by atoms with E-state index in [-0.39, 0.29) is 11.2 Å². The fraction of sp³-hybridized carbons (Fsp3) is 0.909. The van der Waals surface area contributed by atoms with Gasteiger partial charge < -0.3 is 4.74 Å². The largest absolute Gasteiger partial charge is 0.465 e. The molecule has 0 aliphatic rings. The fourth-order valence-corrected chi connectivity index (χ4v) is 1.82. The van der Waals surface area contributed by atoms with Gasteiger partial charge in [-0.3, -0.25) is 4.79 Å². The highest BCUT2D eigenvalue weighted by atomic mass is 32.2. The van der Waals surface area contributed by atoms with Crippen LogP contribution < -0.4 is 0 Å². The number of carbonyl (C=O) groups is 1. The zero-order valence-electron chi connectivity index (χ0n) is 9.54. The van der Waals surface area contributed by atoms with E-state index in [0.29, 0.717) is 6.61 Å². The minimum atomic E-state index is -0.0449. The molecule has 0 saturated carbocycles. The highest BCUT2D eigenvalue weighted by molar-refractivity contribution is 7.99. The van der Waals surface area contributed by atoms with Crippen molar-refractivity contribution in [2.45, 2.75) is 51.2 Å². The molecule has 0 saturated heterocycles. The molecule has 0 N–H and O–H groups in total. The number of hydrogen-bond acceptors (Lipinski definition) is 3. The zero-order valence-corrected chi connectivity index (χ0v) is 10.4. The highest BCUT2D eigenvalue weighted by Crippen LogP contribution is 2.12. The van der Waals surface area contributed by atoms with Crippen LogP contribution in [0.4, 0.5) is 0 Å². The minimum absolute atomic E-state index is 0.0289. The normalized spacial score (nSPS) is 12.5. The van der Waals surface area contributed by atoms with Crippen molar-refractivity contribution in [3.63, 3.8) is 0 Å². The van der Waals surface area contributed by atoms with E-state index >= 15 is 0 Å². The summed E-state index contributed by atoms with van der Waals surface area (Å²) >= 11 is 1.57. The summed E-state index contributed by atoms with van der Waals surface area (Å²) in [5, 5.41) is 0.0289. The maximum Gasteiger partial charge on any atom is 0.319 e. The number of hydrogen-bond donors (Lipinski definition) is 0. The molecule has 0 aliphatic carbocycles. The molecule has 0 spiro atoms. The molecular weight excluding hydrogens is 196 g/mol. The average Bonchev–Trinajstić information content (AvgIpc) is 2.19. The van der Waals surface area contributed by atoms with Crippen LogP contribution in [-0.4, -0.2) is 24.1 Å². The summed E-state index contributed by atoms with van der Waals surface area (Å²) in [4.78, 5) is 11.4. The monoisotopic (exact) mass is 218 g/mol. The Bertz CT molecular complexity index is 144. The number of unbranched alkanes of at least 4 members (excludes halogenated alkanes) is 3. The van der Waals surface area contributed by atoms with Crippen LogP contribution in [-0.2, 0) is 9.53 Å². The van der Waals surface area contributed by atoms with Crippen molar-refractivity contribution in [1.82, 2.24) is 0 Å². The Hall–Kier alpha value is -0.180. The van der Waals surface area contributed by atoms with Gasteiger partial charge in [0.2, 0.25) is 0 Å². The molecular formula is C11H22O2S. The number of thioether (sulfide) groups is 1. The molecule has 0 bridgehead atoms. The molecule has 1 unspecified atom stereocenters. The van der Waals surface area contributed by atoms with Crippen LogP contribution in [0.15, 0.2) is 0 Å². The van der Waals surface area contributed by atoms with Gasteiger partial charge >= 0.3 is 5.97 Å². The number of esters is 1.